The van der Waals surface area contributed by atoms with Crippen molar-refractivity contribution in [2.45, 2.75) is 46.1 Å². The van der Waals surface area contributed by atoms with Gasteiger partial charge in [0.1, 0.15) is 0 Å². The van der Waals surface area contributed by atoms with Gasteiger partial charge in [0.2, 0.25) is 0 Å². The van der Waals surface area contributed by atoms with Gasteiger partial charge in [0.05, 0.1) is 6.33 Å². The molecule has 0 aliphatic heterocycles. The first-order chi connectivity index (χ1) is 10.8. The first kappa shape index (κ1) is 16.3. The smallest absolute Gasteiger partial charge is 0.0945 e. The van der Waals surface area contributed by atoms with Crippen LogP contribution in [-0.4, -0.2) is 16.1 Å². The van der Waals surface area contributed by atoms with Crippen LogP contribution in [0.15, 0.2) is 49.1 Å². The largest absolute Gasteiger partial charge is 0.385 e. The molecule has 1 heterocycles. The number of nitrogens with zero attached hydrogens (tertiary/aromatic N) is 2. The number of aryl methyl sites for hydroxylation is 2. The summed E-state index contributed by atoms with van der Waals surface area (Å²) in [4.78, 5) is 4.08. The summed E-state index contributed by atoms with van der Waals surface area (Å²) in [5.74, 6) is 0. The number of aromatic nitrogens is 2. The predicted octanol–water partition coefficient (Wildman–Crippen LogP) is 4.40. The van der Waals surface area contributed by atoms with E-state index in [9.17, 15) is 0 Å². The van der Waals surface area contributed by atoms with E-state index in [-0.39, 0.29) is 0 Å². The second kappa shape index (κ2) is 9.08. The fraction of sp³-hybridized carbons (Fsp3) is 0.421. The van der Waals surface area contributed by atoms with Gasteiger partial charge in [0.25, 0.3) is 0 Å². The molecule has 1 N–H and O–H groups in total. The maximum absolute atomic E-state index is 4.08. The third kappa shape index (κ3) is 5.06. The molecule has 0 fully saturated rings. The molecule has 0 spiro atoms. The predicted molar refractivity (Wildman–Crippen MR) is 93.5 cm³/mol. The van der Waals surface area contributed by atoms with Gasteiger partial charge >= 0.3 is 0 Å². The summed E-state index contributed by atoms with van der Waals surface area (Å²) in [7, 11) is 0. The molecule has 0 aliphatic carbocycles. The molecule has 3 nitrogen and oxygen atoms in total. The van der Waals surface area contributed by atoms with Crippen molar-refractivity contribution in [1.82, 2.24) is 14.9 Å². The average Bonchev–Trinajstić information content (AvgIpc) is 3.04. The van der Waals surface area contributed by atoms with Gasteiger partial charge in [-0.05, 0) is 31.7 Å². The zero-order valence-electron chi connectivity index (χ0n) is 13.8. The van der Waals surface area contributed by atoms with Crippen molar-refractivity contribution in [3.63, 3.8) is 0 Å². The molecule has 3 heteroatoms. The van der Waals surface area contributed by atoms with E-state index in [1.165, 1.54) is 29.7 Å². The molecule has 2 rings (SSSR count). The average molecular weight is 297 g/mol. The summed E-state index contributed by atoms with van der Waals surface area (Å²) in [6.07, 6.45) is 12.8. The summed E-state index contributed by atoms with van der Waals surface area (Å²) in [6.45, 7) is 6.39. The Bertz CT molecular complexity index is 570. The van der Waals surface area contributed by atoms with Crippen LogP contribution in [-0.2, 0) is 6.54 Å². The maximum atomic E-state index is 4.08. The quantitative estimate of drug-likeness (QED) is 0.695. The Balaban J connectivity index is 1.93. The number of unbranched alkanes of at least 4 members (excludes halogenated alkanes) is 2. The zero-order valence-corrected chi connectivity index (χ0v) is 13.8. The molecule has 1 aromatic carbocycles. The van der Waals surface area contributed by atoms with Gasteiger partial charge in [0.15, 0.2) is 0 Å². The SMILES string of the molecule is CCCC/C=C(\NCCCn1ccnc1)c1ccccc1C. The minimum absolute atomic E-state index is 0.977. The van der Waals surface area contributed by atoms with Gasteiger partial charge < -0.3 is 9.88 Å². The molecule has 0 aliphatic rings. The van der Waals surface area contributed by atoms with E-state index in [4.69, 9.17) is 0 Å². The molecule has 0 atom stereocenters. The highest BCUT2D eigenvalue weighted by Crippen LogP contribution is 2.17. The molecule has 0 bridgehead atoms. The van der Waals surface area contributed by atoms with Crippen LogP contribution < -0.4 is 5.32 Å². The Kier molecular flexibility index (Phi) is 6.75. The second-order valence-corrected chi connectivity index (χ2v) is 5.66. The Morgan fingerprint density at radius 3 is 2.86 bits per heavy atom. The normalized spacial score (nSPS) is 11.6. The minimum atomic E-state index is 0.977. The van der Waals surface area contributed by atoms with Gasteiger partial charge in [-0.2, -0.15) is 0 Å². The highest BCUT2D eigenvalue weighted by Gasteiger charge is 2.03. The van der Waals surface area contributed by atoms with E-state index in [1.807, 2.05) is 18.7 Å². The van der Waals surface area contributed by atoms with Crippen LogP contribution in [0.25, 0.3) is 5.70 Å². The standard InChI is InChI=1S/C19H27N3/c1-3-4-5-11-19(18-10-7-6-9-17(18)2)21-12-8-14-22-15-13-20-16-22/h6-7,9-11,13,15-16,21H,3-5,8,12,14H2,1-2H3/b19-11-. The lowest BCUT2D eigenvalue weighted by atomic mass is 10.0. The van der Waals surface area contributed by atoms with Crippen molar-refractivity contribution < 1.29 is 0 Å². The van der Waals surface area contributed by atoms with Gasteiger partial charge in [-0.15, -0.1) is 0 Å². The Morgan fingerprint density at radius 1 is 1.27 bits per heavy atom. The van der Waals surface area contributed by atoms with Crippen LogP contribution in [0.2, 0.25) is 0 Å². The summed E-state index contributed by atoms with van der Waals surface area (Å²) >= 11 is 0. The van der Waals surface area contributed by atoms with Gasteiger partial charge in [-0.1, -0.05) is 43.7 Å². The summed E-state index contributed by atoms with van der Waals surface area (Å²) in [6, 6.07) is 8.59. The van der Waals surface area contributed by atoms with Crippen LogP contribution in [0.3, 0.4) is 0 Å². The first-order valence-electron chi connectivity index (χ1n) is 8.27. The van der Waals surface area contributed by atoms with E-state index in [1.54, 1.807) is 0 Å². The molecule has 22 heavy (non-hydrogen) atoms. The Labute approximate surface area is 134 Å². The molecule has 0 saturated carbocycles. The highest BCUT2D eigenvalue weighted by molar-refractivity contribution is 5.66. The number of hydrogen-bond donors (Lipinski definition) is 1. The van der Waals surface area contributed by atoms with E-state index < -0.39 is 0 Å². The van der Waals surface area contributed by atoms with Crippen molar-refractivity contribution in [1.29, 1.82) is 0 Å². The van der Waals surface area contributed by atoms with Crippen LogP contribution >= 0.6 is 0 Å². The van der Waals surface area contributed by atoms with Gasteiger partial charge in [-0.25, -0.2) is 4.98 Å². The lowest BCUT2D eigenvalue weighted by Gasteiger charge is -2.14. The molecule has 0 radical (unpaired) electrons. The molecule has 0 unspecified atom stereocenters. The monoisotopic (exact) mass is 297 g/mol. The molecule has 2 aromatic rings. The molecular weight excluding hydrogens is 270 g/mol. The van der Waals surface area contributed by atoms with Crippen molar-refractivity contribution >= 4 is 5.70 Å². The van der Waals surface area contributed by atoms with E-state index in [0.29, 0.717) is 0 Å². The molecular formula is C19H27N3. The van der Waals surface area contributed by atoms with Crippen molar-refractivity contribution in [2.75, 3.05) is 6.54 Å². The summed E-state index contributed by atoms with van der Waals surface area (Å²) in [5, 5.41) is 3.63. The summed E-state index contributed by atoms with van der Waals surface area (Å²) < 4.78 is 2.12. The van der Waals surface area contributed by atoms with Crippen molar-refractivity contribution in [3.8, 4) is 0 Å². The Morgan fingerprint density at radius 2 is 2.14 bits per heavy atom. The molecule has 118 valence electrons. The minimum Gasteiger partial charge on any atom is -0.385 e. The van der Waals surface area contributed by atoms with Crippen LogP contribution in [0.4, 0.5) is 0 Å². The third-order valence-electron chi connectivity index (χ3n) is 3.81. The Hall–Kier alpha value is -2.03. The second-order valence-electron chi connectivity index (χ2n) is 5.66. The number of nitrogens with one attached hydrogen (secondary N) is 1. The van der Waals surface area contributed by atoms with E-state index in [0.717, 1.165) is 25.9 Å². The van der Waals surface area contributed by atoms with Gasteiger partial charge in [-0.3, -0.25) is 0 Å². The third-order valence-corrected chi connectivity index (χ3v) is 3.81. The van der Waals surface area contributed by atoms with Crippen molar-refractivity contribution in [3.05, 3.63) is 60.2 Å². The number of hydrogen-bond acceptors (Lipinski definition) is 2. The fourth-order valence-corrected chi connectivity index (χ4v) is 2.51. The van der Waals surface area contributed by atoms with Crippen LogP contribution in [0.1, 0.15) is 43.7 Å². The van der Waals surface area contributed by atoms with Crippen LogP contribution in [0, 0.1) is 6.92 Å². The van der Waals surface area contributed by atoms with Crippen LogP contribution in [0.5, 0.6) is 0 Å². The topological polar surface area (TPSA) is 29.9 Å². The van der Waals surface area contributed by atoms with Gasteiger partial charge in [0, 0.05) is 36.7 Å². The van der Waals surface area contributed by atoms with E-state index in [2.05, 4.69) is 59.1 Å². The molecule has 1 aromatic heterocycles. The lowest BCUT2D eigenvalue weighted by molar-refractivity contribution is 0.626. The summed E-state index contributed by atoms with van der Waals surface area (Å²) in [5.41, 5.74) is 3.92. The number of imidazole rings is 1. The number of rotatable bonds is 9. The number of allylic oxidation sites excluding steroid dienone is 1. The molecule has 0 amide bonds. The number of benzene rings is 1. The van der Waals surface area contributed by atoms with Crippen molar-refractivity contribution in [2.24, 2.45) is 0 Å². The first-order valence-corrected chi connectivity index (χ1v) is 8.27. The highest BCUT2D eigenvalue weighted by atomic mass is 15.0. The lowest BCUT2D eigenvalue weighted by Crippen LogP contribution is -2.16. The fourth-order valence-electron chi connectivity index (χ4n) is 2.51. The maximum Gasteiger partial charge on any atom is 0.0945 e. The zero-order chi connectivity index (χ0) is 15.6. The molecule has 0 saturated heterocycles. The van der Waals surface area contributed by atoms with E-state index >= 15 is 0 Å².